The first-order valence-electron chi connectivity index (χ1n) is 19.7. The second-order valence-electron chi connectivity index (χ2n) is 16.4. The summed E-state index contributed by atoms with van der Waals surface area (Å²) < 4.78 is 42.4. The molecule has 1 N–H and O–H groups in total. The van der Waals surface area contributed by atoms with Crippen molar-refractivity contribution in [3.8, 4) is 5.88 Å². The van der Waals surface area contributed by atoms with Crippen LogP contribution in [-0.2, 0) is 40.5 Å². The van der Waals surface area contributed by atoms with Gasteiger partial charge in [0.1, 0.15) is 12.2 Å². The van der Waals surface area contributed by atoms with E-state index >= 15 is 0 Å². The van der Waals surface area contributed by atoms with E-state index in [1.54, 1.807) is 22.8 Å². The highest BCUT2D eigenvalue weighted by Crippen LogP contribution is 2.57. The fraction of sp³-hybridized carbons (Fsp3) is 0.718. The van der Waals surface area contributed by atoms with Crippen LogP contribution >= 0.6 is 15.9 Å². The maximum Gasteiger partial charge on any atom is 0.306 e. The van der Waals surface area contributed by atoms with Gasteiger partial charge in [0, 0.05) is 19.4 Å². The Kier molecular flexibility index (Phi) is 11.3. The number of hydrogen-bond donors (Lipinski definition) is 1. The number of Topliss-reactive ketones (excluding diaryl/α,β-unsaturated/α-hetero) is 1. The van der Waals surface area contributed by atoms with Crippen molar-refractivity contribution in [2.45, 2.75) is 139 Å². The summed E-state index contributed by atoms with van der Waals surface area (Å²) in [6, 6.07) is 2.40. The van der Waals surface area contributed by atoms with E-state index < -0.39 is 50.6 Å². The van der Waals surface area contributed by atoms with Crippen LogP contribution in [0.3, 0.4) is 0 Å². The lowest BCUT2D eigenvalue weighted by Crippen LogP contribution is -2.47. The van der Waals surface area contributed by atoms with Gasteiger partial charge in [-0.25, -0.2) is 8.42 Å². The minimum Gasteiger partial charge on any atom is -0.473 e. The van der Waals surface area contributed by atoms with Gasteiger partial charge >= 0.3 is 5.97 Å². The number of esters is 1. The predicted molar refractivity (Wildman–Crippen MR) is 199 cm³/mol. The van der Waals surface area contributed by atoms with Crippen LogP contribution in [0.1, 0.15) is 109 Å². The van der Waals surface area contributed by atoms with E-state index in [9.17, 15) is 32.4 Å². The normalized spacial score (nSPS) is 32.8. The molecule has 2 bridgehead atoms. The number of nitrogens with one attached hydrogen (secondary N) is 1. The summed E-state index contributed by atoms with van der Waals surface area (Å²) in [6.45, 7) is 4.32. The number of hydrogen-bond acceptors (Lipinski definition) is 9. The fourth-order valence-electron chi connectivity index (χ4n) is 9.53. The van der Waals surface area contributed by atoms with E-state index in [2.05, 4.69) is 27.2 Å². The summed E-state index contributed by atoms with van der Waals surface area (Å²) in [5.74, 6) is -2.24. The second-order valence-corrected chi connectivity index (χ2v) is 19.2. The number of allylic oxidation sites excluding steroid dienone is 1. The number of sulfonamides is 1. The Morgan fingerprint density at radius 3 is 2.38 bits per heavy atom. The monoisotopic (exact) mass is 817 g/mol. The standard InChI is InChI=1S/C39H52BrN3O9S/c1-2-26-21-39(26,38(48)41-53(49,50)28-14-15-28)22-32(44)31-19-27-23-43(31)36(46)29(24-9-5-6-10-24)20-35(45)52-33-13-8-12-25(33)11-4-3-7-18-42-34(51-27)17-16-30(40)37(42)47/h2,16-17,24-29,31,33H,1,3-15,18-23H2,(H,41,48)/t25-,26-,27-,29+,31+,33-,39-/m1/s1. The third-order valence-corrected chi connectivity index (χ3v) is 15.3. The van der Waals surface area contributed by atoms with Gasteiger partial charge in [-0.2, -0.15) is 0 Å². The number of carbonyl (C=O) groups is 4. The SMILES string of the molecule is C=C[C@@H]1C[C@]1(CC(=O)[C@@H]1C[C@@H]2CN1C(=O)[C@H](C1CCCC1)CC(=O)O[C@@H]1CCC[C@H]1CCCCCn1c(ccc(Br)c1=O)O2)C(=O)NS(=O)(=O)C1CC1. The fourth-order valence-corrected chi connectivity index (χ4v) is 11.3. The quantitative estimate of drug-likeness (QED) is 0.275. The molecule has 53 heavy (non-hydrogen) atoms. The topological polar surface area (TPSA) is 158 Å². The van der Waals surface area contributed by atoms with Crippen LogP contribution in [0.5, 0.6) is 5.88 Å². The number of aromatic nitrogens is 1. The van der Waals surface area contributed by atoms with Gasteiger partial charge in [-0.1, -0.05) is 31.8 Å². The summed E-state index contributed by atoms with van der Waals surface area (Å²) in [5, 5.41) is -0.603. The lowest BCUT2D eigenvalue weighted by Gasteiger charge is -2.31. The van der Waals surface area contributed by atoms with Gasteiger partial charge in [-0.05, 0) is 110 Å². The van der Waals surface area contributed by atoms with E-state index in [0.717, 1.165) is 70.6 Å². The van der Waals surface area contributed by atoms with Crippen LogP contribution in [0, 0.1) is 29.1 Å². The molecule has 0 spiro atoms. The number of ether oxygens (including phenoxy) is 2. The molecule has 4 saturated carbocycles. The molecule has 2 amide bonds. The maximum atomic E-state index is 14.8. The average molecular weight is 819 g/mol. The predicted octanol–water partition coefficient (Wildman–Crippen LogP) is 5.20. The molecule has 3 heterocycles. The number of pyridine rings is 1. The molecule has 4 aliphatic carbocycles. The molecule has 0 unspecified atom stereocenters. The van der Waals surface area contributed by atoms with Crippen molar-refractivity contribution >= 4 is 49.5 Å². The van der Waals surface area contributed by atoms with Gasteiger partial charge in [0.05, 0.1) is 40.1 Å². The zero-order valence-electron chi connectivity index (χ0n) is 30.3. The molecule has 0 radical (unpaired) electrons. The van der Waals surface area contributed by atoms with Gasteiger partial charge in [0.2, 0.25) is 21.8 Å². The van der Waals surface area contributed by atoms with Crippen LogP contribution in [0.4, 0.5) is 0 Å². The highest BCUT2D eigenvalue weighted by molar-refractivity contribution is 9.10. The molecule has 1 aromatic heterocycles. The Labute approximate surface area is 320 Å². The zero-order chi connectivity index (χ0) is 37.5. The Hall–Kier alpha value is -3.00. The Morgan fingerprint density at radius 2 is 1.66 bits per heavy atom. The highest BCUT2D eigenvalue weighted by Gasteiger charge is 2.61. The van der Waals surface area contributed by atoms with E-state index in [1.807, 2.05) is 0 Å². The minimum absolute atomic E-state index is 0.0364. The molecule has 5 fully saturated rings. The molecule has 14 heteroatoms. The summed E-state index contributed by atoms with van der Waals surface area (Å²) in [6.07, 6.45) is 11.6. The van der Waals surface area contributed by atoms with Crippen molar-refractivity contribution in [3.05, 3.63) is 39.6 Å². The molecule has 1 saturated heterocycles. The molecule has 0 aromatic carbocycles. The molecule has 7 rings (SSSR count). The third-order valence-electron chi connectivity index (χ3n) is 12.9. The molecular formula is C39H52BrN3O9S. The van der Waals surface area contributed by atoms with Crippen molar-refractivity contribution in [2.75, 3.05) is 6.54 Å². The molecule has 2 aliphatic heterocycles. The summed E-state index contributed by atoms with van der Waals surface area (Å²) in [4.78, 5) is 71.4. The third kappa shape index (κ3) is 8.18. The van der Waals surface area contributed by atoms with Gasteiger partial charge in [-0.15, -0.1) is 6.58 Å². The van der Waals surface area contributed by atoms with Gasteiger partial charge in [0.15, 0.2) is 11.7 Å². The first-order chi connectivity index (χ1) is 25.4. The number of nitrogens with zero attached hydrogens (tertiary/aromatic N) is 2. The minimum atomic E-state index is -3.85. The van der Waals surface area contributed by atoms with Crippen molar-refractivity contribution < 1.29 is 37.1 Å². The molecular weight excluding hydrogens is 766 g/mol. The summed E-state index contributed by atoms with van der Waals surface area (Å²) in [7, 11) is -3.85. The van der Waals surface area contributed by atoms with Crippen molar-refractivity contribution in [1.29, 1.82) is 0 Å². The Bertz CT molecular complexity index is 1790. The number of ketones is 1. The van der Waals surface area contributed by atoms with Crippen LogP contribution in [0.2, 0.25) is 0 Å². The van der Waals surface area contributed by atoms with Crippen molar-refractivity contribution in [1.82, 2.24) is 14.2 Å². The molecule has 12 nitrogen and oxygen atoms in total. The number of halogens is 1. The van der Waals surface area contributed by atoms with Crippen LogP contribution in [-0.4, -0.2) is 71.5 Å². The largest absolute Gasteiger partial charge is 0.473 e. The summed E-state index contributed by atoms with van der Waals surface area (Å²) in [5.41, 5.74) is -1.50. The first kappa shape index (κ1) is 38.3. The smallest absolute Gasteiger partial charge is 0.306 e. The number of amides is 2. The van der Waals surface area contributed by atoms with Crippen LogP contribution in [0.15, 0.2) is 34.1 Å². The molecule has 6 aliphatic rings. The van der Waals surface area contributed by atoms with E-state index in [4.69, 9.17) is 9.47 Å². The van der Waals surface area contributed by atoms with E-state index in [1.165, 1.54) is 4.90 Å². The number of rotatable bonds is 8. The van der Waals surface area contributed by atoms with Crippen molar-refractivity contribution in [2.24, 2.45) is 29.1 Å². The second kappa shape index (κ2) is 15.6. The molecule has 7 atom stereocenters. The average Bonchev–Trinajstić information content (AvgIpc) is 3.91. The summed E-state index contributed by atoms with van der Waals surface area (Å²) >= 11 is 3.37. The number of carbonyl (C=O) groups excluding carboxylic acids is 4. The maximum absolute atomic E-state index is 14.8. The van der Waals surface area contributed by atoms with E-state index in [0.29, 0.717) is 29.7 Å². The van der Waals surface area contributed by atoms with Gasteiger partial charge < -0.3 is 14.4 Å². The van der Waals surface area contributed by atoms with Crippen LogP contribution in [0.25, 0.3) is 0 Å². The first-order valence-corrected chi connectivity index (χ1v) is 22.0. The zero-order valence-corrected chi connectivity index (χ0v) is 32.8. The van der Waals surface area contributed by atoms with Crippen molar-refractivity contribution in [3.63, 3.8) is 0 Å². The van der Waals surface area contributed by atoms with E-state index in [-0.39, 0.29) is 73.4 Å². The molecule has 1 aromatic rings. The molecule has 290 valence electrons. The highest BCUT2D eigenvalue weighted by atomic mass is 79.9. The van der Waals surface area contributed by atoms with Crippen LogP contribution < -0.4 is 15.0 Å². The number of fused-ring (bicyclic) bond motifs is 4. The Balaban J connectivity index is 1.20. The lowest BCUT2D eigenvalue weighted by atomic mass is 9.86. The Morgan fingerprint density at radius 1 is 0.943 bits per heavy atom. The lowest BCUT2D eigenvalue weighted by molar-refractivity contribution is -0.156. The van der Waals surface area contributed by atoms with Gasteiger partial charge in [0.25, 0.3) is 5.56 Å². The van der Waals surface area contributed by atoms with Gasteiger partial charge in [-0.3, -0.25) is 33.3 Å².